The fraction of sp³-hybridized carbons (Fsp3) is 0.625. The van der Waals surface area contributed by atoms with Gasteiger partial charge in [0, 0.05) is 19.7 Å². The Morgan fingerprint density at radius 2 is 2.12 bits per heavy atom. The Bertz CT molecular complexity index is 830. The van der Waals surface area contributed by atoms with Crippen LogP contribution in [-0.2, 0) is 16.1 Å². The third-order valence-corrected chi connectivity index (χ3v) is 5.98. The Labute approximate surface area is 157 Å². The van der Waals surface area contributed by atoms with Gasteiger partial charge < -0.3 is 20.3 Å². The molecule has 2 heterocycles. The van der Waals surface area contributed by atoms with E-state index < -0.39 is 37.0 Å². The summed E-state index contributed by atoms with van der Waals surface area (Å²) in [6, 6.07) is 0. The second kappa shape index (κ2) is 8.19. The van der Waals surface area contributed by atoms with Gasteiger partial charge >= 0.3 is 0 Å². The minimum Gasteiger partial charge on any atom is -0.388 e. The molecule has 0 radical (unpaired) electrons. The molecule has 4 N–H and O–H groups in total. The molecule has 0 aromatic carbocycles. The standard InChI is InChI=1S/C16H26N3O5PS/c1-9(20)17-7-10-8-19(16(26)18-14(10)23)15-13(22)12(21)11(24-15)5-6-25(2,3)4/h8,11-13,15,21-22H,2,5-7H2,1,3-4H3,(H,17,20)(H,18,23,26)/t11?,12-,13-,15-/m1/s1. The number of ether oxygens (including phenoxy) is 1. The number of aliphatic hydroxyl groups is 2. The second-order valence-electron chi connectivity index (χ2n) is 7.22. The topological polar surface area (TPSA) is 117 Å². The number of rotatable bonds is 6. The molecule has 1 amide bonds. The summed E-state index contributed by atoms with van der Waals surface area (Å²) in [4.78, 5) is 25.6. The fourth-order valence-corrected chi connectivity index (χ4v) is 3.94. The highest BCUT2D eigenvalue weighted by Gasteiger charge is 2.43. The van der Waals surface area contributed by atoms with Crippen LogP contribution in [-0.4, -0.2) is 69.8 Å². The monoisotopic (exact) mass is 403 g/mol. The lowest BCUT2D eigenvalue weighted by molar-refractivity contribution is -0.119. The van der Waals surface area contributed by atoms with Crippen LogP contribution in [0.2, 0.25) is 0 Å². The fourth-order valence-electron chi connectivity index (χ4n) is 2.74. The molecule has 4 atom stereocenters. The van der Waals surface area contributed by atoms with Gasteiger partial charge in [-0.05, 0) is 38.1 Å². The van der Waals surface area contributed by atoms with E-state index >= 15 is 0 Å². The summed E-state index contributed by atoms with van der Waals surface area (Å²) in [5.41, 5.74) is -0.152. The van der Waals surface area contributed by atoms with Gasteiger partial charge in [-0.25, -0.2) is 0 Å². The lowest BCUT2D eigenvalue weighted by atomic mass is 10.1. The second-order valence-corrected chi connectivity index (χ2v) is 11.9. The predicted molar refractivity (Wildman–Crippen MR) is 105 cm³/mol. The molecule has 1 fully saturated rings. The number of aromatic nitrogens is 2. The lowest BCUT2D eigenvalue weighted by Gasteiger charge is -2.20. The zero-order valence-corrected chi connectivity index (χ0v) is 16.8. The van der Waals surface area contributed by atoms with Crippen molar-refractivity contribution in [3.8, 4) is 0 Å². The molecule has 146 valence electrons. The van der Waals surface area contributed by atoms with Crippen LogP contribution < -0.4 is 10.9 Å². The summed E-state index contributed by atoms with van der Waals surface area (Å²) in [5.74, 6) is -0.273. The van der Waals surface area contributed by atoms with E-state index in [1.807, 2.05) is 0 Å². The Balaban J connectivity index is 2.25. The van der Waals surface area contributed by atoms with Gasteiger partial charge in [-0.15, -0.1) is 13.2 Å². The van der Waals surface area contributed by atoms with E-state index in [9.17, 15) is 19.8 Å². The first kappa shape index (κ1) is 21.1. The first-order valence-corrected chi connectivity index (χ1v) is 11.7. The zero-order chi connectivity index (χ0) is 19.6. The number of nitrogens with zero attached hydrogens (tertiary/aromatic N) is 1. The molecular weight excluding hydrogens is 377 g/mol. The third kappa shape index (κ3) is 5.14. The molecule has 1 aromatic heterocycles. The molecule has 0 spiro atoms. The van der Waals surface area contributed by atoms with Crippen LogP contribution >= 0.6 is 19.1 Å². The molecular formula is C16H26N3O5PS. The summed E-state index contributed by atoms with van der Waals surface area (Å²) in [5, 5.41) is 23.3. The van der Waals surface area contributed by atoms with Crippen molar-refractivity contribution in [1.82, 2.24) is 14.9 Å². The summed E-state index contributed by atoms with van der Waals surface area (Å²) in [7, 11) is 0. The number of carbonyl (C=O) groups is 1. The minimum atomic E-state index is -1.29. The van der Waals surface area contributed by atoms with Crippen LogP contribution in [0.5, 0.6) is 0 Å². The van der Waals surface area contributed by atoms with Crippen molar-refractivity contribution >= 4 is 31.3 Å². The number of hydrogen-bond acceptors (Lipinski definition) is 6. The molecule has 1 unspecified atom stereocenters. The van der Waals surface area contributed by atoms with Gasteiger partial charge in [0.2, 0.25) is 5.91 Å². The molecule has 10 heteroatoms. The molecule has 8 nitrogen and oxygen atoms in total. The summed E-state index contributed by atoms with van der Waals surface area (Å²) >= 11 is 5.17. The summed E-state index contributed by atoms with van der Waals surface area (Å²) < 4.78 is 7.33. The van der Waals surface area contributed by atoms with E-state index in [4.69, 9.17) is 17.0 Å². The molecule has 0 bridgehead atoms. The van der Waals surface area contributed by atoms with Crippen LogP contribution in [0.1, 0.15) is 25.1 Å². The molecule has 0 saturated carbocycles. The maximum Gasteiger partial charge on any atom is 0.256 e. The SMILES string of the molecule is C=P(C)(C)CCC1O[C@@H](n2cc(CNC(C)=O)c(=O)[nH]c2=S)[C@H](O)[C@@H]1O. The number of H-pyrrole nitrogens is 1. The predicted octanol–water partition coefficient (Wildman–Crippen LogP) is 0.260. The average molecular weight is 403 g/mol. The third-order valence-electron chi connectivity index (χ3n) is 4.20. The van der Waals surface area contributed by atoms with E-state index in [0.717, 1.165) is 6.16 Å². The summed E-state index contributed by atoms with van der Waals surface area (Å²) in [6.07, 6.45) is 3.28. The van der Waals surface area contributed by atoms with Crippen LogP contribution in [0, 0.1) is 4.77 Å². The van der Waals surface area contributed by atoms with E-state index in [0.29, 0.717) is 6.42 Å². The molecule has 1 aliphatic rings. The van der Waals surface area contributed by atoms with Crippen molar-refractivity contribution in [3.05, 3.63) is 26.9 Å². The molecule has 1 aliphatic heterocycles. The number of aliphatic hydroxyl groups excluding tert-OH is 2. The quantitative estimate of drug-likeness (QED) is 0.400. The van der Waals surface area contributed by atoms with E-state index in [1.54, 1.807) is 0 Å². The van der Waals surface area contributed by atoms with Crippen LogP contribution in [0.25, 0.3) is 0 Å². The number of aromatic amines is 1. The maximum atomic E-state index is 12.0. The first-order chi connectivity index (χ1) is 12.0. The van der Waals surface area contributed by atoms with Crippen molar-refractivity contribution in [2.75, 3.05) is 19.5 Å². The Hall–Kier alpha value is -1.25. The van der Waals surface area contributed by atoms with Crippen LogP contribution in [0.4, 0.5) is 0 Å². The number of carbonyl (C=O) groups excluding carboxylic acids is 1. The minimum absolute atomic E-state index is 0.0231. The van der Waals surface area contributed by atoms with E-state index in [-0.39, 0.29) is 22.8 Å². The Kier molecular flexibility index (Phi) is 6.63. The van der Waals surface area contributed by atoms with Gasteiger partial charge in [-0.1, -0.05) is 0 Å². The van der Waals surface area contributed by atoms with Gasteiger partial charge in [-0.3, -0.25) is 19.1 Å². The van der Waals surface area contributed by atoms with Crippen molar-refractivity contribution in [3.63, 3.8) is 0 Å². The first-order valence-electron chi connectivity index (χ1n) is 8.27. The van der Waals surface area contributed by atoms with E-state index in [2.05, 4.69) is 29.9 Å². The molecule has 0 aliphatic carbocycles. The lowest BCUT2D eigenvalue weighted by Crippen LogP contribution is -2.33. The largest absolute Gasteiger partial charge is 0.388 e. The zero-order valence-electron chi connectivity index (χ0n) is 15.1. The average Bonchev–Trinajstić information content (AvgIpc) is 2.79. The summed E-state index contributed by atoms with van der Waals surface area (Å²) in [6.45, 7) is 4.27. The highest BCUT2D eigenvalue weighted by atomic mass is 32.1. The number of nitrogens with one attached hydrogen (secondary N) is 2. The molecule has 26 heavy (non-hydrogen) atoms. The van der Waals surface area contributed by atoms with Crippen molar-refractivity contribution < 1.29 is 19.7 Å². The van der Waals surface area contributed by atoms with Gasteiger partial charge in [-0.2, -0.15) is 0 Å². The maximum absolute atomic E-state index is 12.0. The van der Waals surface area contributed by atoms with E-state index in [1.165, 1.54) is 17.7 Å². The highest BCUT2D eigenvalue weighted by Crippen LogP contribution is 2.39. The smallest absolute Gasteiger partial charge is 0.256 e. The van der Waals surface area contributed by atoms with Crippen LogP contribution in [0.3, 0.4) is 0 Å². The Morgan fingerprint density at radius 3 is 2.69 bits per heavy atom. The molecule has 1 aromatic rings. The normalized spacial score (nSPS) is 26.0. The molecule has 1 saturated heterocycles. The van der Waals surface area contributed by atoms with Gasteiger partial charge in [0.05, 0.1) is 11.7 Å². The number of amides is 1. The van der Waals surface area contributed by atoms with Gasteiger partial charge in [0.15, 0.2) is 11.0 Å². The molecule has 2 rings (SSSR count). The highest BCUT2D eigenvalue weighted by molar-refractivity contribution is 7.72. The number of hydrogen-bond donors (Lipinski definition) is 4. The van der Waals surface area contributed by atoms with Crippen LogP contribution in [0.15, 0.2) is 11.0 Å². The van der Waals surface area contributed by atoms with Gasteiger partial charge in [0.25, 0.3) is 5.56 Å². The van der Waals surface area contributed by atoms with Gasteiger partial charge in [0.1, 0.15) is 12.2 Å². The Morgan fingerprint density at radius 1 is 1.46 bits per heavy atom. The van der Waals surface area contributed by atoms with Crippen molar-refractivity contribution in [2.45, 2.75) is 44.4 Å². The van der Waals surface area contributed by atoms with Crippen molar-refractivity contribution in [2.24, 2.45) is 0 Å². The van der Waals surface area contributed by atoms with Crippen molar-refractivity contribution in [1.29, 1.82) is 0 Å².